The van der Waals surface area contributed by atoms with Crippen LogP contribution in [0.15, 0.2) is 34.2 Å². The SMILES string of the molecule is CCCCCCCCC([O-])=NCCCCC(C(=O)O)c1ccc(S(=O)(=O)O)cc1.[Na+]. The first-order valence-electron chi connectivity index (χ1n) is 10.3. The van der Waals surface area contributed by atoms with Crippen LogP contribution in [0.25, 0.3) is 0 Å². The summed E-state index contributed by atoms with van der Waals surface area (Å²) < 4.78 is 31.1. The number of carboxylic acid groups (broad SMARTS) is 1. The van der Waals surface area contributed by atoms with Crippen molar-refractivity contribution in [1.82, 2.24) is 0 Å². The molecule has 0 saturated carbocycles. The van der Waals surface area contributed by atoms with Crippen LogP contribution in [-0.2, 0) is 14.9 Å². The van der Waals surface area contributed by atoms with Crippen LogP contribution in [0, 0.1) is 0 Å². The smallest absolute Gasteiger partial charge is 0.862 e. The average molecular weight is 450 g/mol. The third kappa shape index (κ3) is 12.1. The molecular formula is C21H32NNaO6S. The van der Waals surface area contributed by atoms with Crippen LogP contribution in [0.4, 0.5) is 0 Å². The predicted molar refractivity (Wildman–Crippen MR) is 111 cm³/mol. The van der Waals surface area contributed by atoms with Gasteiger partial charge >= 0.3 is 35.5 Å². The molecule has 1 aromatic carbocycles. The fourth-order valence-electron chi connectivity index (χ4n) is 3.10. The molecule has 0 fully saturated rings. The number of carbonyl (C=O) groups is 1. The molecule has 1 aromatic rings. The maximum absolute atomic E-state index is 11.7. The van der Waals surface area contributed by atoms with Crippen molar-refractivity contribution in [3.63, 3.8) is 0 Å². The second-order valence-corrected chi connectivity index (χ2v) is 8.65. The van der Waals surface area contributed by atoms with Gasteiger partial charge in [0.2, 0.25) is 0 Å². The van der Waals surface area contributed by atoms with Crippen LogP contribution < -0.4 is 34.7 Å². The summed E-state index contributed by atoms with van der Waals surface area (Å²) in [6.45, 7) is 2.56. The molecule has 30 heavy (non-hydrogen) atoms. The molecule has 1 rings (SSSR count). The van der Waals surface area contributed by atoms with Gasteiger partial charge in [-0.05, 0) is 49.3 Å². The first-order chi connectivity index (χ1) is 13.8. The Morgan fingerprint density at radius 2 is 1.63 bits per heavy atom. The molecule has 0 spiro atoms. The monoisotopic (exact) mass is 449 g/mol. The van der Waals surface area contributed by atoms with Gasteiger partial charge in [0.15, 0.2) is 0 Å². The molecule has 0 radical (unpaired) electrons. The molecule has 164 valence electrons. The minimum absolute atomic E-state index is 0. The Morgan fingerprint density at radius 1 is 1.03 bits per heavy atom. The van der Waals surface area contributed by atoms with Crippen molar-refractivity contribution in [2.45, 2.75) is 81.9 Å². The summed E-state index contributed by atoms with van der Waals surface area (Å²) in [6, 6.07) is 5.18. The van der Waals surface area contributed by atoms with Gasteiger partial charge in [0, 0.05) is 6.54 Å². The summed E-state index contributed by atoms with van der Waals surface area (Å²) in [4.78, 5) is 15.3. The van der Waals surface area contributed by atoms with E-state index in [1.54, 1.807) is 0 Å². The molecule has 0 aliphatic rings. The average Bonchev–Trinajstić information content (AvgIpc) is 2.66. The number of nitrogens with zero attached hydrogens (tertiary/aromatic N) is 1. The van der Waals surface area contributed by atoms with Crippen LogP contribution in [-0.4, -0.2) is 36.5 Å². The quantitative estimate of drug-likeness (QED) is 0.134. The molecule has 0 heterocycles. The summed E-state index contributed by atoms with van der Waals surface area (Å²) >= 11 is 0. The zero-order chi connectivity index (χ0) is 21.7. The Morgan fingerprint density at radius 3 is 2.20 bits per heavy atom. The third-order valence-electron chi connectivity index (χ3n) is 4.81. The molecule has 9 heteroatoms. The van der Waals surface area contributed by atoms with Gasteiger partial charge in [-0.3, -0.25) is 9.35 Å². The van der Waals surface area contributed by atoms with Gasteiger partial charge in [-0.1, -0.05) is 57.6 Å². The number of aliphatic carboxylic acids is 1. The van der Waals surface area contributed by atoms with Crippen molar-refractivity contribution < 1.29 is 57.5 Å². The van der Waals surface area contributed by atoms with E-state index in [2.05, 4.69) is 11.9 Å². The normalized spacial score (nSPS) is 12.9. The summed E-state index contributed by atoms with van der Waals surface area (Å²) in [5.74, 6) is -1.86. The molecule has 0 amide bonds. The van der Waals surface area contributed by atoms with E-state index in [4.69, 9.17) is 4.55 Å². The van der Waals surface area contributed by atoms with E-state index in [1.165, 1.54) is 43.5 Å². The molecule has 1 unspecified atom stereocenters. The molecule has 0 saturated heterocycles. The van der Waals surface area contributed by atoms with Gasteiger partial charge in [-0.25, -0.2) is 0 Å². The van der Waals surface area contributed by atoms with E-state index in [0.717, 1.165) is 19.3 Å². The molecular weight excluding hydrogens is 417 g/mol. The van der Waals surface area contributed by atoms with Crippen molar-refractivity contribution in [2.24, 2.45) is 4.99 Å². The van der Waals surface area contributed by atoms with Crippen molar-refractivity contribution >= 4 is 22.0 Å². The predicted octanol–water partition coefficient (Wildman–Crippen LogP) is 0.785. The Labute approximate surface area is 202 Å². The summed E-state index contributed by atoms with van der Waals surface area (Å²) in [5.41, 5.74) is 0.473. The van der Waals surface area contributed by atoms with Gasteiger partial charge in [0.05, 0.1) is 10.8 Å². The van der Waals surface area contributed by atoms with E-state index in [1.807, 2.05) is 0 Å². The minimum Gasteiger partial charge on any atom is -0.862 e. The fraction of sp³-hybridized carbons (Fsp3) is 0.619. The molecule has 0 aliphatic carbocycles. The standard InChI is InChI=1S/C21H33NO6S.Na/c1-2-3-4-5-6-7-11-20(23)22-16-9-8-10-19(21(24)25)17-12-14-18(15-13-17)29(26,27)28;/h12-15,19H,2-11,16H2,1H3,(H,22,23)(H,24,25)(H,26,27,28);/q;+1/p-1. The van der Waals surface area contributed by atoms with Crippen molar-refractivity contribution in [2.75, 3.05) is 6.54 Å². The Balaban J connectivity index is 0.00000841. The Hall–Kier alpha value is -0.930. The number of unbranched alkanes of at least 4 members (excludes halogenated alkanes) is 6. The summed E-state index contributed by atoms with van der Waals surface area (Å²) in [7, 11) is -4.30. The number of hydrogen-bond acceptors (Lipinski definition) is 5. The van der Waals surface area contributed by atoms with Crippen LogP contribution >= 0.6 is 0 Å². The second-order valence-electron chi connectivity index (χ2n) is 7.22. The van der Waals surface area contributed by atoms with E-state index in [-0.39, 0.29) is 40.4 Å². The van der Waals surface area contributed by atoms with Gasteiger partial charge < -0.3 is 15.2 Å². The van der Waals surface area contributed by atoms with Crippen LogP contribution in [0.2, 0.25) is 0 Å². The summed E-state index contributed by atoms with van der Waals surface area (Å²) in [5, 5.41) is 21.2. The Kier molecular flexibility index (Phi) is 15.3. The van der Waals surface area contributed by atoms with Gasteiger partial charge in [0.25, 0.3) is 10.1 Å². The van der Waals surface area contributed by atoms with E-state index >= 15 is 0 Å². The number of benzene rings is 1. The third-order valence-corrected chi connectivity index (χ3v) is 5.68. The minimum atomic E-state index is -4.30. The fourth-order valence-corrected chi connectivity index (χ4v) is 3.58. The first-order valence-corrected chi connectivity index (χ1v) is 11.7. The molecule has 7 nitrogen and oxygen atoms in total. The van der Waals surface area contributed by atoms with Gasteiger partial charge in [-0.2, -0.15) is 8.42 Å². The number of carboxylic acids is 1. The van der Waals surface area contributed by atoms with Crippen molar-refractivity contribution in [3.8, 4) is 0 Å². The molecule has 1 atom stereocenters. The van der Waals surface area contributed by atoms with Crippen molar-refractivity contribution in [3.05, 3.63) is 29.8 Å². The first kappa shape index (κ1) is 29.1. The molecule has 2 N–H and O–H groups in total. The second kappa shape index (κ2) is 15.8. The molecule has 0 aliphatic heterocycles. The zero-order valence-electron chi connectivity index (χ0n) is 18.0. The number of aliphatic imine (C=N–C) groups is 1. The number of hydrogen-bond donors (Lipinski definition) is 2. The van der Waals surface area contributed by atoms with Crippen molar-refractivity contribution in [1.29, 1.82) is 0 Å². The maximum Gasteiger partial charge on any atom is 1.00 e. The molecule has 0 bridgehead atoms. The van der Waals surface area contributed by atoms with Gasteiger partial charge in [-0.15, -0.1) is 0 Å². The van der Waals surface area contributed by atoms with Crippen LogP contribution in [0.3, 0.4) is 0 Å². The summed E-state index contributed by atoms with van der Waals surface area (Å²) in [6.07, 6.45) is 8.78. The van der Waals surface area contributed by atoms with E-state index in [9.17, 15) is 23.4 Å². The van der Waals surface area contributed by atoms with Crippen LogP contribution in [0.1, 0.15) is 82.6 Å². The van der Waals surface area contributed by atoms with Gasteiger partial charge in [0.1, 0.15) is 0 Å². The van der Waals surface area contributed by atoms with Crippen LogP contribution in [0.5, 0.6) is 0 Å². The zero-order valence-corrected chi connectivity index (χ0v) is 20.9. The molecule has 0 aromatic heterocycles. The topological polar surface area (TPSA) is 127 Å². The number of rotatable bonds is 15. The Bertz CT molecular complexity index is 749. The maximum atomic E-state index is 11.7. The van der Waals surface area contributed by atoms with E-state index < -0.39 is 22.0 Å². The largest absolute Gasteiger partial charge is 1.00 e. The van der Waals surface area contributed by atoms with E-state index in [0.29, 0.717) is 37.8 Å².